The summed E-state index contributed by atoms with van der Waals surface area (Å²) in [5.41, 5.74) is 2.34. The van der Waals surface area contributed by atoms with E-state index in [1.54, 1.807) is 24.4 Å². The highest BCUT2D eigenvalue weighted by atomic mass is 127. The van der Waals surface area contributed by atoms with Gasteiger partial charge < -0.3 is 10.2 Å². The van der Waals surface area contributed by atoms with E-state index in [4.69, 9.17) is 0 Å². The van der Waals surface area contributed by atoms with Crippen LogP contribution in [0.2, 0.25) is 0 Å². The molecule has 0 aliphatic rings. The van der Waals surface area contributed by atoms with Gasteiger partial charge >= 0.3 is 0 Å². The van der Waals surface area contributed by atoms with Crippen molar-refractivity contribution in [1.29, 1.82) is 0 Å². The highest BCUT2D eigenvalue weighted by molar-refractivity contribution is 14.1. The van der Waals surface area contributed by atoms with E-state index in [0.29, 0.717) is 5.56 Å². The Morgan fingerprint density at radius 2 is 1.84 bits per heavy atom. The predicted molar refractivity (Wildman–Crippen MR) is 93.6 cm³/mol. The first kappa shape index (κ1) is 14.6. The minimum absolute atomic E-state index is 0.225. The molecule has 0 spiro atoms. The Morgan fingerprint density at radius 3 is 2.53 bits per heavy atom. The molecular weight excluding hydrogens is 468 g/mol. The molecule has 0 unspecified atom stereocenters. The van der Waals surface area contributed by atoms with Gasteiger partial charge in [0.25, 0.3) is 0 Å². The van der Waals surface area contributed by atoms with Gasteiger partial charge in [-0.05, 0) is 88.0 Å². The molecule has 0 aromatic heterocycles. The molecule has 2 aromatic carbocycles. The third-order valence-electron chi connectivity index (χ3n) is 2.58. The van der Waals surface area contributed by atoms with Crippen molar-refractivity contribution in [3.8, 4) is 11.5 Å². The number of phenolic OH excluding ortho intramolecular Hbond substituents is 2. The largest absolute Gasteiger partial charge is 0.508 e. The maximum Gasteiger partial charge on any atom is 0.137 e. The predicted octanol–water partition coefficient (Wildman–Crippen LogP) is 4.37. The van der Waals surface area contributed by atoms with Gasteiger partial charge in [0.1, 0.15) is 11.5 Å². The fourth-order valence-corrected chi connectivity index (χ4v) is 3.50. The van der Waals surface area contributed by atoms with Gasteiger partial charge in [-0.3, -0.25) is 4.99 Å². The van der Waals surface area contributed by atoms with Crippen LogP contribution in [0.3, 0.4) is 0 Å². The Morgan fingerprint density at radius 1 is 1.11 bits per heavy atom. The summed E-state index contributed by atoms with van der Waals surface area (Å²) in [7, 11) is 0. The van der Waals surface area contributed by atoms with E-state index in [-0.39, 0.29) is 11.5 Å². The van der Waals surface area contributed by atoms with Crippen molar-refractivity contribution in [2.45, 2.75) is 6.92 Å². The summed E-state index contributed by atoms with van der Waals surface area (Å²) in [6.07, 6.45) is 1.64. The van der Waals surface area contributed by atoms with Crippen LogP contribution in [-0.2, 0) is 0 Å². The van der Waals surface area contributed by atoms with E-state index in [9.17, 15) is 10.2 Å². The van der Waals surface area contributed by atoms with Crippen molar-refractivity contribution >= 4 is 57.1 Å². The molecule has 0 saturated carbocycles. The lowest BCUT2D eigenvalue weighted by Crippen LogP contribution is -1.88. The molecular formula is C14H11I2NO2. The van der Waals surface area contributed by atoms with Crippen molar-refractivity contribution in [3.63, 3.8) is 0 Å². The molecule has 98 valence electrons. The number of phenols is 2. The number of rotatable bonds is 2. The minimum Gasteiger partial charge on any atom is -0.508 e. The van der Waals surface area contributed by atoms with Crippen LogP contribution in [0.1, 0.15) is 11.1 Å². The number of aromatic hydroxyl groups is 2. The molecule has 0 fully saturated rings. The average molecular weight is 479 g/mol. The number of halogens is 2. The topological polar surface area (TPSA) is 52.8 Å². The summed E-state index contributed by atoms with van der Waals surface area (Å²) in [5, 5.41) is 19.3. The average Bonchev–Trinajstić information content (AvgIpc) is 2.33. The van der Waals surface area contributed by atoms with Gasteiger partial charge in [-0.15, -0.1) is 0 Å². The smallest absolute Gasteiger partial charge is 0.137 e. The van der Waals surface area contributed by atoms with Crippen molar-refractivity contribution in [3.05, 3.63) is 48.6 Å². The maximum absolute atomic E-state index is 9.97. The zero-order chi connectivity index (χ0) is 14.0. The molecule has 3 nitrogen and oxygen atoms in total. The Kier molecular flexibility index (Phi) is 4.67. The second kappa shape index (κ2) is 6.08. The van der Waals surface area contributed by atoms with Gasteiger partial charge in [-0.25, -0.2) is 0 Å². The Labute approximate surface area is 138 Å². The second-order valence-corrected chi connectivity index (χ2v) is 6.46. The van der Waals surface area contributed by atoms with Crippen molar-refractivity contribution in [2.75, 3.05) is 0 Å². The molecule has 2 aromatic rings. The number of hydrogen-bond donors (Lipinski definition) is 2. The van der Waals surface area contributed by atoms with Gasteiger partial charge in [-0.1, -0.05) is 0 Å². The zero-order valence-electron chi connectivity index (χ0n) is 10.1. The molecule has 0 amide bonds. The number of benzene rings is 2. The minimum atomic E-state index is 0.225. The lowest BCUT2D eigenvalue weighted by Gasteiger charge is -2.04. The quantitative estimate of drug-likeness (QED) is 0.497. The molecule has 0 aliphatic carbocycles. The van der Waals surface area contributed by atoms with Crippen LogP contribution in [0.5, 0.6) is 11.5 Å². The number of aliphatic imine (C=N–C) groups is 1. The van der Waals surface area contributed by atoms with Crippen LogP contribution in [0, 0.1) is 14.1 Å². The third-order valence-corrected chi connectivity index (χ3v) is 4.03. The first-order valence-electron chi connectivity index (χ1n) is 5.49. The van der Waals surface area contributed by atoms with Crippen LogP contribution in [0.15, 0.2) is 35.3 Å². The van der Waals surface area contributed by atoms with Crippen LogP contribution in [0.4, 0.5) is 5.69 Å². The van der Waals surface area contributed by atoms with E-state index >= 15 is 0 Å². The van der Waals surface area contributed by atoms with Crippen LogP contribution < -0.4 is 0 Å². The standard InChI is InChI=1S/C14H11I2NO2/c1-8-4-11(18)2-3-13(8)17-7-9-5-10(15)6-12(16)14(9)19/h2-7,18-19H,1H3. The normalized spacial score (nSPS) is 11.1. The van der Waals surface area contributed by atoms with Crippen LogP contribution >= 0.6 is 45.2 Å². The molecule has 0 atom stereocenters. The number of hydrogen-bond acceptors (Lipinski definition) is 3. The van der Waals surface area contributed by atoms with Gasteiger partial charge in [0.2, 0.25) is 0 Å². The van der Waals surface area contributed by atoms with Crippen molar-refractivity contribution in [1.82, 2.24) is 0 Å². The van der Waals surface area contributed by atoms with Gasteiger partial charge in [0, 0.05) is 15.3 Å². The lowest BCUT2D eigenvalue weighted by atomic mass is 10.2. The summed E-state index contributed by atoms with van der Waals surface area (Å²) in [4.78, 5) is 4.36. The van der Waals surface area contributed by atoms with Crippen molar-refractivity contribution < 1.29 is 10.2 Å². The molecule has 2 N–H and O–H groups in total. The molecule has 5 heteroatoms. The van der Waals surface area contributed by atoms with E-state index in [1.807, 2.05) is 19.1 Å². The number of nitrogens with zero attached hydrogens (tertiary/aromatic N) is 1. The molecule has 19 heavy (non-hydrogen) atoms. The third kappa shape index (κ3) is 3.59. The first-order chi connectivity index (χ1) is 8.97. The van der Waals surface area contributed by atoms with Crippen LogP contribution in [0.25, 0.3) is 0 Å². The first-order valence-corrected chi connectivity index (χ1v) is 7.65. The second-order valence-electron chi connectivity index (χ2n) is 4.05. The van der Waals surface area contributed by atoms with Gasteiger partial charge in [0.15, 0.2) is 0 Å². The lowest BCUT2D eigenvalue weighted by molar-refractivity contribution is 0.470. The molecule has 0 heterocycles. The molecule has 0 saturated heterocycles. The summed E-state index contributed by atoms with van der Waals surface area (Å²) in [6, 6.07) is 8.77. The summed E-state index contributed by atoms with van der Waals surface area (Å²) in [5.74, 6) is 0.462. The van der Waals surface area contributed by atoms with Crippen molar-refractivity contribution in [2.24, 2.45) is 4.99 Å². The van der Waals surface area contributed by atoms with Crippen LogP contribution in [-0.4, -0.2) is 16.4 Å². The fraction of sp³-hybridized carbons (Fsp3) is 0.0714. The monoisotopic (exact) mass is 479 g/mol. The molecule has 0 bridgehead atoms. The molecule has 0 radical (unpaired) electrons. The van der Waals surface area contributed by atoms with E-state index < -0.39 is 0 Å². The highest BCUT2D eigenvalue weighted by Gasteiger charge is 2.05. The summed E-state index contributed by atoms with van der Waals surface area (Å²) >= 11 is 4.29. The molecule has 2 rings (SSSR count). The van der Waals surface area contributed by atoms with E-state index in [0.717, 1.165) is 18.4 Å². The van der Waals surface area contributed by atoms with Gasteiger partial charge in [-0.2, -0.15) is 0 Å². The molecule has 0 aliphatic heterocycles. The Bertz CT molecular complexity index is 654. The fourth-order valence-electron chi connectivity index (χ4n) is 1.61. The summed E-state index contributed by atoms with van der Waals surface area (Å²) in [6.45, 7) is 1.88. The Balaban J connectivity index is 2.38. The van der Waals surface area contributed by atoms with E-state index in [2.05, 4.69) is 50.2 Å². The van der Waals surface area contributed by atoms with Gasteiger partial charge in [0.05, 0.1) is 9.26 Å². The highest BCUT2D eigenvalue weighted by Crippen LogP contribution is 2.27. The Hall–Kier alpha value is -0.830. The number of aryl methyl sites for hydroxylation is 1. The summed E-state index contributed by atoms with van der Waals surface area (Å²) < 4.78 is 1.84. The van der Waals surface area contributed by atoms with E-state index in [1.165, 1.54) is 0 Å². The zero-order valence-corrected chi connectivity index (χ0v) is 14.4. The SMILES string of the molecule is Cc1cc(O)ccc1N=Cc1cc(I)cc(I)c1O. The maximum atomic E-state index is 9.97.